The van der Waals surface area contributed by atoms with Crippen LogP contribution in [0.1, 0.15) is 31.9 Å². The molecular formula is C22H22N4O. The lowest BCUT2D eigenvalue weighted by molar-refractivity contribution is -0.117. The third kappa shape index (κ3) is 3.40. The quantitative estimate of drug-likeness (QED) is 0.752. The first kappa shape index (κ1) is 17.2. The fourth-order valence-electron chi connectivity index (χ4n) is 3.80. The zero-order chi connectivity index (χ0) is 18.8. The van der Waals surface area contributed by atoms with Crippen LogP contribution in [0.5, 0.6) is 0 Å². The van der Waals surface area contributed by atoms with Gasteiger partial charge in [-0.3, -0.25) is 9.78 Å². The fourth-order valence-corrected chi connectivity index (χ4v) is 3.80. The van der Waals surface area contributed by atoms with Gasteiger partial charge in [0.1, 0.15) is 5.82 Å². The molecule has 1 aromatic carbocycles. The molecule has 5 nitrogen and oxygen atoms in total. The Bertz CT molecular complexity index is 943. The van der Waals surface area contributed by atoms with E-state index >= 15 is 0 Å². The number of nitrogens with one attached hydrogen (secondary N) is 1. The Hall–Kier alpha value is -3.21. The van der Waals surface area contributed by atoms with Crippen LogP contribution in [-0.2, 0) is 4.79 Å². The molecule has 0 spiro atoms. The molecule has 136 valence electrons. The van der Waals surface area contributed by atoms with E-state index in [2.05, 4.69) is 28.3 Å². The van der Waals surface area contributed by atoms with Crippen molar-refractivity contribution < 1.29 is 4.79 Å². The average molecular weight is 358 g/mol. The number of benzene rings is 1. The number of pyridine rings is 2. The molecule has 0 saturated carbocycles. The molecule has 0 aliphatic carbocycles. The van der Waals surface area contributed by atoms with Crippen LogP contribution >= 0.6 is 0 Å². The summed E-state index contributed by atoms with van der Waals surface area (Å²) in [7, 11) is 0. The van der Waals surface area contributed by atoms with E-state index in [1.807, 2.05) is 53.4 Å². The molecule has 1 amide bonds. The number of carbonyl (C=O) groups excluding carboxylic acids is 1. The van der Waals surface area contributed by atoms with Crippen LogP contribution in [0, 0.1) is 0 Å². The van der Waals surface area contributed by atoms with Gasteiger partial charge in [0.25, 0.3) is 0 Å². The number of hydrogen-bond donors (Lipinski definition) is 1. The summed E-state index contributed by atoms with van der Waals surface area (Å²) >= 11 is 0. The maximum atomic E-state index is 12.3. The molecule has 5 heteroatoms. The first-order chi connectivity index (χ1) is 13.1. The van der Waals surface area contributed by atoms with E-state index in [0.717, 1.165) is 34.7 Å². The molecule has 0 bridgehead atoms. The lowest BCUT2D eigenvalue weighted by atomic mass is 9.89. The van der Waals surface area contributed by atoms with Gasteiger partial charge >= 0.3 is 0 Å². The topological polar surface area (TPSA) is 58.1 Å². The van der Waals surface area contributed by atoms with Crippen molar-refractivity contribution in [1.82, 2.24) is 9.97 Å². The van der Waals surface area contributed by atoms with E-state index in [4.69, 9.17) is 0 Å². The van der Waals surface area contributed by atoms with Gasteiger partial charge in [-0.1, -0.05) is 18.2 Å². The van der Waals surface area contributed by atoms with Crippen LogP contribution in [-0.4, -0.2) is 21.9 Å². The van der Waals surface area contributed by atoms with E-state index < -0.39 is 0 Å². The fraction of sp³-hybridized carbons (Fsp3) is 0.227. The minimum absolute atomic E-state index is 0.0608. The Morgan fingerprint density at radius 3 is 2.52 bits per heavy atom. The van der Waals surface area contributed by atoms with Crippen molar-refractivity contribution in [2.24, 2.45) is 0 Å². The second kappa shape index (κ2) is 7.19. The van der Waals surface area contributed by atoms with Crippen LogP contribution in [0.2, 0.25) is 0 Å². The Labute approximate surface area is 159 Å². The molecule has 3 heterocycles. The maximum Gasteiger partial charge on any atom is 0.224 e. The number of hydrogen-bond acceptors (Lipinski definition) is 4. The van der Waals surface area contributed by atoms with Crippen LogP contribution in [0.4, 0.5) is 11.5 Å². The molecule has 2 atom stereocenters. The molecule has 4 rings (SSSR count). The van der Waals surface area contributed by atoms with E-state index in [9.17, 15) is 4.79 Å². The summed E-state index contributed by atoms with van der Waals surface area (Å²) in [5.74, 6) is 0.894. The molecule has 27 heavy (non-hydrogen) atoms. The van der Waals surface area contributed by atoms with Crippen molar-refractivity contribution >= 4 is 17.4 Å². The number of carbonyl (C=O) groups is 1. The summed E-state index contributed by atoms with van der Waals surface area (Å²) in [5, 5.41) is 3.54. The molecule has 3 aromatic rings. The van der Waals surface area contributed by atoms with E-state index in [0.29, 0.717) is 0 Å². The van der Waals surface area contributed by atoms with Crippen molar-refractivity contribution in [3.05, 3.63) is 72.6 Å². The molecule has 1 aliphatic heterocycles. The monoisotopic (exact) mass is 358 g/mol. The minimum atomic E-state index is 0.0608. The predicted molar refractivity (Wildman–Crippen MR) is 108 cm³/mol. The second-order valence-electron chi connectivity index (χ2n) is 6.87. The van der Waals surface area contributed by atoms with Crippen LogP contribution in [0.3, 0.4) is 0 Å². The smallest absolute Gasteiger partial charge is 0.224 e. The molecule has 1 aliphatic rings. The minimum Gasteiger partial charge on any atom is -0.363 e. The highest BCUT2D eigenvalue weighted by Crippen LogP contribution is 2.40. The van der Waals surface area contributed by atoms with Crippen molar-refractivity contribution in [2.45, 2.75) is 32.4 Å². The van der Waals surface area contributed by atoms with Crippen LogP contribution in [0.25, 0.3) is 11.3 Å². The van der Waals surface area contributed by atoms with E-state index in [1.165, 1.54) is 0 Å². The summed E-state index contributed by atoms with van der Waals surface area (Å²) in [6.45, 7) is 3.71. The number of fused-ring (bicyclic) bond motifs is 1. The van der Waals surface area contributed by atoms with Gasteiger partial charge in [0, 0.05) is 36.6 Å². The third-order valence-electron chi connectivity index (χ3n) is 4.97. The maximum absolute atomic E-state index is 12.3. The largest absolute Gasteiger partial charge is 0.363 e. The van der Waals surface area contributed by atoms with E-state index in [-0.39, 0.29) is 18.0 Å². The summed E-state index contributed by atoms with van der Waals surface area (Å²) < 4.78 is 0. The van der Waals surface area contributed by atoms with Crippen molar-refractivity contribution in [3.63, 3.8) is 0 Å². The van der Waals surface area contributed by atoms with Crippen molar-refractivity contribution in [3.8, 4) is 11.3 Å². The highest BCUT2D eigenvalue weighted by Gasteiger charge is 2.32. The first-order valence-corrected chi connectivity index (χ1v) is 9.16. The molecule has 0 saturated heterocycles. The van der Waals surface area contributed by atoms with Crippen molar-refractivity contribution in [1.29, 1.82) is 0 Å². The lowest BCUT2D eigenvalue weighted by Gasteiger charge is -2.39. The van der Waals surface area contributed by atoms with Gasteiger partial charge in [0.05, 0.1) is 11.7 Å². The lowest BCUT2D eigenvalue weighted by Crippen LogP contribution is -2.43. The number of anilines is 2. The molecule has 1 N–H and O–H groups in total. The Kier molecular flexibility index (Phi) is 4.59. The molecule has 0 unspecified atom stereocenters. The van der Waals surface area contributed by atoms with Crippen LogP contribution in [0.15, 0.2) is 67.0 Å². The molecule has 0 radical (unpaired) electrons. The van der Waals surface area contributed by atoms with E-state index in [1.54, 1.807) is 19.3 Å². The zero-order valence-corrected chi connectivity index (χ0v) is 15.5. The molecule has 0 fully saturated rings. The standard InChI is InChI=1S/C22H22N4O/c1-15-13-20(25-22-8-4-6-12-24-22)18-14-17(19-7-3-5-11-23-19)9-10-21(18)26(15)16(2)27/h3-12,14-15,20H,13H2,1-2H3,(H,24,25)/t15-,20+/m0/s1. The van der Waals surface area contributed by atoms with Gasteiger partial charge in [-0.25, -0.2) is 4.98 Å². The van der Waals surface area contributed by atoms with Gasteiger partial charge in [-0.15, -0.1) is 0 Å². The Balaban J connectivity index is 1.79. The molecular weight excluding hydrogens is 336 g/mol. The van der Waals surface area contributed by atoms with Gasteiger partial charge < -0.3 is 10.2 Å². The molecule has 2 aromatic heterocycles. The van der Waals surface area contributed by atoms with Crippen LogP contribution < -0.4 is 10.2 Å². The number of aromatic nitrogens is 2. The van der Waals surface area contributed by atoms with Gasteiger partial charge in [-0.05, 0) is 55.3 Å². The normalized spacial score (nSPS) is 18.7. The average Bonchev–Trinajstić information content (AvgIpc) is 2.69. The second-order valence-corrected chi connectivity index (χ2v) is 6.87. The predicted octanol–water partition coefficient (Wildman–Crippen LogP) is 4.44. The van der Waals surface area contributed by atoms with Gasteiger partial charge in [0.2, 0.25) is 5.91 Å². The van der Waals surface area contributed by atoms with Gasteiger partial charge in [0.15, 0.2) is 0 Å². The van der Waals surface area contributed by atoms with Crippen molar-refractivity contribution in [2.75, 3.05) is 10.2 Å². The number of nitrogens with zero attached hydrogens (tertiary/aromatic N) is 3. The first-order valence-electron chi connectivity index (χ1n) is 9.16. The summed E-state index contributed by atoms with van der Waals surface area (Å²) in [6, 6.07) is 18.1. The zero-order valence-electron chi connectivity index (χ0n) is 15.5. The van der Waals surface area contributed by atoms with Gasteiger partial charge in [-0.2, -0.15) is 0 Å². The number of rotatable bonds is 3. The summed E-state index contributed by atoms with van der Waals surface area (Å²) in [5.41, 5.74) is 4.01. The third-order valence-corrected chi connectivity index (χ3v) is 4.97. The summed E-state index contributed by atoms with van der Waals surface area (Å²) in [6.07, 6.45) is 4.39. The summed E-state index contributed by atoms with van der Waals surface area (Å²) in [4.78, 5) is 23.0. The highest BCUT2D eigenvalue weighted by molar-refractivity contribution is 5.94. The number of amides is 1. The Morgan fingerprint density at radius 1 is 1.07 bits per heavy atom. The SMILES string of the molecule is CC(=O)N1c2ccc(-c3ccccn3)cc2[C@H](Nc2ccccn2)C[C@@H]1C. The Morgan fingerprint density at radius 2 is 1.85 bits per heavy atom. The highest BCUT2D eigenvalue weighted by atomic mass is 16.2.